The van der Waals surface area contributed by atoms with Gasteiger partial charge in [0.15, 0.2) is 0 Å². The number of benzene rings is 2. The fourth-order valence-corrected chi connectivity index (χ4v) is 2.62. The lowest BCUT2D eigenvalue weighted by molar-refractivity contribution is 0.0798. The van der Waals surface area contributed by atoms with E-state index in [0.29, 0.717) is 29.9 Å². The van der Waals surface area contributed by atoms with Crippen LogP contribution in [-0.2, 0) is 11.1 Å². The quantitative estimate of drug-likeness (QED) is 0.817. The van der Waals surface area contributed by atoms with Gasteiger partial charge in [-0.3, -0.25) is 9.00 Å². The molecule has 0 spiro atoms. The molecule has 2 aromatic carbocycles. The number of carbonyl (C=O) groups excluding carboxylic acids is 1. The average Bonchev–Trinajstić information content (AvgIpc) is 3.06. The van der Waals surface area contributed by atoms with Crippen molar-refractivity contribution in [2.45, 2.75) is 6.92 Å². The lowest BCUT2D eigenvalue weighted by atomic mass is 10.1. The molecule has 0 aromatic heterocycles. The molecule has 0 radical (unpaired) electrons. The summed E-state index contributed by atoms with van der Waals surface area (Å²) in [6.45, 7) is 5.44. The number of halogens is 1. The molecule has 1 amide bonds. The molecule has 144 valence electrons. The van der Waals surface area contributed by atoms with Crippen molar-refractivity contribution in [2.24, 2.45) is 5.73 Å². The smallest absolute Gasteiger partial charge is 0.254 e. The molecule has 3 rings (SSSR count). The van der Waals surface area contributed by atoms with E-state index < -0.39 is 11.1 Å². The number of nitrogens with two attached hydrogens (primary N) is 1. The first-order valence-corrected chi connectivity index (χ1v) is 9.26. The molecule has 1 aliphatic rings. The zero-order valence-corrected chi connectivity index (χ0v) is 15.7. The van der Waals surface area contributed by atoms with Crippen molar-refractivity contribution in [2.75, 3.05) is 13.1 Å². The predicted octanol–water partition coefficient (Wildman–Crippen LogP) is 3.21. The van der Waals surface area contributed by atoms with Crippen LogP contribution in [0.2, 0.25) is 0 Å². The second-order valence-corrected chi connectivity index (χ2v) is 6.78. The average molecular weight is 389 g/mol. The van der Waals surface area contributed by atoms with Crippen LogP contribution in [0.4, 0.5) is 4.39 Å². The van der Waals surface area contributed by atoms with Crippen LogP contribution < -0.4 is 5.73 Å². The summed E-state index contributed by atoms with van der Waals surface area (Å²) in [4.78, 5) is 14.2. The second-order valence-electron chi connectivity index (χ2n) is 5.92. The third-order valence-electron chi connectivity index (χ3n) is 4.06. The van der Waals surface area contributed by atoms with E-state index in [4.69, 9.17) is 5.73 Å². The predicted molar refractivity (Wildman–Crippen MR) is 106 cm³/mol. The van der Waals surface area contributed by atoms with Crippen LogP contribution in [0.15, 0.2) is 66.2 Å². The number of carbonyl (C=O) groups is 1. The highest BCUT2D eigenvalue weighted by Gasteiger charge is 2.26. The Hall–Kier alpha value is -2.77. The van der Waals surface area contributed by atoms with Gasteiger partial charge in [-0.1, -0.05) is 43.0 Å². The maximum Gasteiger partial charge on any atom is 0.254 e. The van der Waals surface area contributed by atoms with Gasteiger partial charge in [-0.15, -0.1) is 0 Å². The minimum atomic E-state index is -2.06. The summed E-state index contributed by atoms with van der Waals surface area (Å²) in [6, 6.07) is 14.3. The molecule has 1 atom stereocenters. The van der Waals surface area contributed by atoms with Crippen LogP contribution in [0.1, 0.15) is 22.9 Å². The van der Waals surface area contributed by atoms with E-state index in [1.165, 1.54) is 6.07 Å². The molecular weight excluding hydrogens is 367 g/mol. The Labute approximate surface area is 161 Å². The van der Waals surface area contributed by atoms with Crippen molar-refractivity contribution in [1.29, 1.82) is 0 Å². The number of aryl methyl sites for hydroxylation is 1. The standard InChI is InChI=1S/C18H17FN2O.C2H4O2S.H2/c1-12-7-8-14(9-16(12)19)18(22)21-10-15(17(20)11-21)13-5-3-2-4-6-13;1-2-5(3)4;/h2-9H,10-11,20H2,1H3;2H,1H2,(H,3,4);1H/p-1. The first-order chi connectivity index (χ1) is 12.8. The summed E-state index contributed by atoms with van der Waals surface area (Å²) in [7, 11) is 0. The van der Waals surface area contributed by atoms with Crippen molar-refractivity contribution in [3.05, 3.63) is 88.7 Å². The van der Waals surface area contributed by atoms with Crippen LogP contribution in [-0.4, -0.2) is 32.7 Å². The number of amides is 1. The van der Waals surface area contributed by atoms with Crippen LogP contribution >= 0.6 is 0 Å². The molecule has 0 saturated heterocycles. The Balaban J connectivity index is 0.000000584. The van der Waals surface area contributed by atoms with Gasteiger partial charge in [0.1, 0.15) is 5.82 Å². The largest absolute Gasteiger partial charge is 0.769 e. The Morgan fingerprint density at radius 2 is 1.93 bits per heavy atom. The summed E-state index contributed by atoms with van der Waals surface area (Å²) >= 11 is -2.06. The molecule has 5 nitrogen and oxygen atoms in total. The monoisotopic (exact) mass is 389 g/mol. The first-order valence-electron chi connectivity index (χ1n) is 8.12. The summed E-state index contributed by atoms with van der Waals surface area (Å²) in [5, 5.41) is 0.833. The van der Waals surface area contributed by atoms with E-state index in [9.17, 15) is 17.9 Å². The molecule has 0 aliphatic carbocycles. The highest BCUT2D eigenvalue weighted by Crippen LogP contribution is 2.25. The molecule has 2 N–H and O–H groups in total. The Morgan fingerprint density at radius 3 is 2.48 bits per heavy atom. The molecular formula is C20H22FN2O3S-. The summed E-state index contributed by atoms with van der Waals surface area (Å²) in [5.74, 6) is -0.568. The third kappa shape index (κ3) is 5.35. The fraction of sp³-hybridized carbons (Fsp3) is 0.150. The van der Waals surface area contributed by atoms with Gasteiger partial charge >= 0.3 is 0 Å². The summed E-state index contributed by atoms with van der Waals surface area (Å²) in [6.07, 6.45) is 0. The lowest BCUT2D eigenvalue weighted by Crippen LogP contribution is -2.30. The highest BCUT2D eigenvalue weighted by atomic mass is 32.2. The van der Waals surface area contributed by atoms with Gasteiger partial charge in [-0.2, -0.15) is 0 Å². The van der Waals surface area contributed by atoms with Crippen molar-refractivity contribution in [1.82, 2.24) is 4.90 Å². The van der Waals surface area contributed by atoms with Crippen molar-refractivity contribution in [3.63, 3.8) is 0 Å². The Morgan fingerprint density at radius 1 is 1.30 bits per heavy atom. The number of hydrogen-bond donors (Lipinski definition) is 1. The van der Waals surface area contributed by atoms with Crippen LogP contribution in [0.3, 0.4) is 0 Å². The van der Waals surface area contributed by atoms with Gasteiger partial charge in [0.05, 0.1) is 6.54 Å². The maximum atomic E-state index is 13.6. The van der Waals surface area contributed by atoms with Gasteiger partial charge in [0, 0.05) is 19.2 Å². The van der Waals surface area contributed by atoms with Crippen molar-refractivity contribution >= 4 is 22.6 Å². The first kappa shape index (κ1) is 20.5. The van der Waals surface area contributed by atoms with E-state index in [0.717, 1.165) is 16.5 Å². The molecule has 1 heterocycles. The van der Waals surface area contributed by atoms with E-state index in [-0.39, 0.29) is 13.2 Å². The van der Waals surface area contributed by atoms with Crippen LogP contribution in [0.25, 0.3) is 5.57 Å². The second kappa shape index (κ2) is 9.25. The zero-order chi connectivity index (χ0) is 20.0. The molecule has 0 saturated carbocycles. The Bertz CT molecular complexity index is 904. The topological polar surface area (TPSA) is 86.5 Å². The molecule has 27 heavy (non-hydrogen) atoms. The summed E-state index contributed by atoms with van der Waals surface area (Å²) < 4.78 is 32.1. The third-order valence-corrected chi connectivity index (χ3v) is 4.33. The van der Waals surface area contributed by atoms with E-state index >= 15 is 0 Å². The lowest BCUT2D eigenvalue weighted by Gasteiger charge is -2.17. The molecule has 7 heteroatoms. The minimum absolute atomic E-state index is 0. The number of nitrogens with zero attached hydrogens (tertiary/aromatic N) is 1. The van der Waals surface area contributed by atoms with Gasteiger partial charge in [-0.25, -0.2) is 4.39 Å². The molecule has 1 unspecified atom stereocenters. The molecule has 2 aromatic rings. The number of rotatable bonds is 3. The molecule has 0 fully saturated rings. The SMILES string of the molecule is C=CS(=O)[O-].Cc1ccc(C(=O)N2CC(N)=C(c3ccccc3)C2)cc1F.[HH]. The maximum absolute atomic E-state index is 13.6. The number of hydrogen-bond acceptors (Lipinski definition) is 4. The highest BCUT2D eigenvalue weighted by molar-refractivity contribution is 7.82. The van der Waals surface area contributed by atoms with E-state index in [1.807, 2.05) is 30.3 Å². The Kier molecular flexibility index (Phi) is 7.04. The van der Waals surface area contributed by atoms with Gasteiger partial charge in [0.25, 0.3) is 5.91 Å². The van der Waals surface area contributed by atoms with Gasteiger partial charge < -0.3 is 15.2 Å². The zero-order valence-electron chi connectivity index (χ0n) is 14.9. The van der Waals surface area contributed by atoms with E-state index in [1.54, 1.807) is 24.0 Å². The fourth-order valence-electron chi connectivity index (χ4n) is 2.62. The van der Waals surface area contributed by atoms with Gasteiger partial charge in [-0.05, 0) is 52.2 Å². The van der Waals surface area contributed by atoms with Crippen molar-refractivity contribution < 1.29 is 19.4 Å². The van der Waals surface area contributed by atoms with Crippen LogP contribution in [0, 0.1) is 12.7 Å². The van der Waals surface area contributed by atoms with Gasteiger partial charge in [0.2, 0.25) is 0 Å². The van der Waals surface area contributed by atoms with Crippen molar-refractivity contribution in [3.8, 4) is 0 Å². The minimum Gasteiger partial charge on any atom is -0.769 e. The molecule has 0 bridgehead atoms. The normalized spacial score (nSPS) is 14.4. The summed E-state index contributed by atoms with van der Waals surface area (Å²) in [5.41, 5.74) is 9.63. The van der Waals surface area contributed by atoms with E-state index in [2.05, 4.69) is 6.58 Å². The molecule has 1 aliphatic heterocycles. The van der Waals surface area contributed by atoms with Crippen LogP contribution in [0.5, 0.6) is 0 Å².